The second-order valence-electron chi connectivity index (χ2n) is 2.00. The Morgan fingerprint density at radius 1 is 1.82 bits per heavy atom. The van der Waals surface area contributed by atoms with Crippen molar-refractivity contribution in [1.82, 2.24) is 9.78 Å². The number of nitrogens with zero attached hydrogens (tertiary/aromatic N) is 2. The first-order chi connectivity index (χ1) is 5.25. The number of rotatable bonds is 3. The molecule has 3 nitrogen and oxygen atoms in total. The molecule has 0 aliphatic heterocycles. The molecule has 1 rings (SSSR count). The predicted octanol–water partition coefficient (Wildman–Crippen LogP) is 1.90. The van der Waals surface area contributed by atoms with E-state index in [9.17, 15) is 0 Å². The summed E-state index contributed by atoms with van der Waals surface area (Å²) in [4.78, 5) is 0. The van der Waals surface area contributed by atoms with Gasteiger partial charge in [-0.15, -0.1) is 0 Å². The number of methoxy groups -OCH3 is 1. The second kappa shape index (κ2) is 4.42. The van der Waals surface area contributed by atoms with E-state index in [0.717, 1.165) is 14.7 Å². The van der Waals surface area contributed by atoms with E-state index in [1.807, 2.05) is 4.68 Å². The summed E-state index contributed by atoms with van der Waals surface area (Å²) in [7, 11) is 1.69. The van der Waals surface area contributed by atoms with Crippen LogP contribution in [0.1, 0.15) is 0 Å². The van der Waals surface area contributed by atoms with Gasteiger partial charge in [0.1, 0.15) is 3.70 Å². The highest BCUT2D eigenvalue weighted by Crippen LogP contribution is 2.17. The molecule has 0 aliphatic carbocycles. The Hall–Kier alpha value is 0.380. The van der Waals surface area contributed by atoms with Crippen molar-refractivity contribution < 1.29 is 4.74 Å². The predicted molar refractivity (Wildman–Crippen MR) is 54.5 cm³/mol. The Morgan fingerprint density at radius 2 is 2.55 bits per heavy atom. The summed E-state index contributed by atoms with van der Waals surface area (Å²) in [6, 6.07) is 0. The first-order valence-electron chi connectivity index (χ1n) is 3.11. The molecule has 0 aliphatic rings. The topological polar surface area (TPSA) is 27.1 Å². The SMILES string of the molecule is COCCn1ncc(Br)c1I. The highest BCUT2D eigenvalue weighted by atomic mass is 127. The molecule has 1 aromatic heterocycles. The van der Waals surface area contributed by atoms with Gasteiger partial charge < -0.3 is 4.74 Å². The molecule has 0 aromatic carbocycles. The highest BCUT2D eigenvalue weighted by molar-refractivity contribution is 14.1. The first kappa shape index (κ1) is 9.47. The molecular weight excluding hydrogens is 323 g/mol. The van der Waals surface area contributed by atoms with Gasteiger partial charge in [0.15, 0.2) is 0 Å². The normalized spacial score (nSPS) is 10.5. The van der Waals surface area contributed by atoms with Crippen LogP contribution in [0.25, 0.3) is 0 Å². The molecule has 0 saturated heterocycles. The minimum Gasteiger partial charge on any atom is -0.383 e. The van der Waals surface area contributed by atoms with Gasteiger partial charge in [-0.05, 0) is 38.5 Å². The summed E-state index contributed by atoms with van der Waals surface area (Å²) in [5, 5.41) is 4.14. The third-order valence-electron chi connectivity index (χ3n) is 1.24. The van der Waals surface area contributed by atoms with Crippen LogP contribution in [-0.2, 0) is 11.3 Å². The summed E-state index contributed by atoms with van der Waals surface area (Å²) < 4.78 is 8.97. The lowest BCUT2D eigenvalue weighted by atomic mass is 10.7. The maximum atomic E-state index is 4.93. The van der Waals surface area contributed by atoms with Gasteiger partial charge in [0, 0.05) is 7.11 Å². The van der Waals surface area contributed by atoms with Crippen LogP contribution in [0.3, 0.4) is 0 Å². The van der Waals surface area contributed by atoms with E-state index in [2.05, 4.69) is 43.6 Å². The highest BCUT2D eigenvalue weighted by Gasteiger charge is 2.03. The number of hydrogen-bond donors (Lipinski definition) is 0. The van der Waals surface area contributed by atoms with Gasteiger partial charge in [-0.3, -0.25) is 4.68 Å². The van der Waals surface area contributed by atoms with Crippen LogP contribution in [0.15, 0.2) is 10.7 Å². The summed E-state index contributed by atoms with van der Waals surface area (Å²) in [6.45, 7) is 1.50. The van der Waals surface area contributed by atoms with Crippen LogP contribution in [-0.4, -0.2) is 23.5 Å². The second-order valence-corrected chi connectivity index (χ2v) is 3.88. The Balaban J connectivity index is 2.63. The summed E-state index contributed by atoms with van der Waals surface area (Å²) in [5.41, 5.74) is 0. The van der Waals surface area contributed by atoms with Crippen molar-refractivity contribution in [3.8, 4) is 0 Å². The lowest BCUT2D eigenvalue weighted by molar-refractivity contribution is 0.182. The van der Waals surface area contributed by atoms with Crippen molar-refractivity contribution in [1.29, 1.82) is 0 Å². The third-order valence-corrected chi connectivity index (χ3v) is 3.70. The van der Waals surface area contributed by atoms with E-state index >= 15 is 0 Å². The van der Waals surface area contributed by atoms with Gasteiger partial charge in [-0.25, -0.2) is 0 Å². The summed E-state index contributed by atoms with van der Waals surface area (Å²) >= 11 is 5.61. The van der Waals surface area contributed by atoms with Crippen molar-refractivity contribution >= 4 is 38.5 Å². The minimum atomic E-state index is 0.699. The molecule has 0 amide bonds. The minimum absolute atomic E-state index is 0.699. The van der Waals surface area contributed by atoms with Crippen LogP contribution in [0.5, 0.6) is 0 Å². The third kappa shape index (κ3) is 2.41. The maximum Gasteiger partial charge on any atom is 0.113 e. The number of ether oxygens (including phenoxy) is 1. The van der Waals surface area contributed by atoms with Gasteiger partial charge in [0.05, 0.1) is 23.8 Å². The molecule has 0 fully saturated rings. The molecule has 0 atom stereocenters. The van der Waals surface area contributed by atoms with Gasteiger partial charge in [-0.2, -0.15) is 5.10 Å². The summed E-state index contributed by atoms with van der Waals surface area (Å²) in [6.07, 6.45) is 1.79. The molecule has 5 heteroatoms. The van der Waals surface area contributed by atoms with Crippen LogP contribution in [0, 0.1) is 3.70 Å². The van der Waals surface area contributed by atoms with Crippen molar-refractivity contribution in [2.45, 2.75) is 6.54 Å². The number of halogens is 2. The zero-order chi connectivity index (χ0) is 8.27. The number of hydrogen-bond acceptors (Lipinski definition) is 2. The quantitative estimate of drug-likeness (QED) is 0.791. The van der Waals surface area contributed by atoms with E-state index in [1.54, 1.807) is 13.3 Å². The molecule has 0 unspecified atom stereocenters. The molecule has 0 radical (unpaired) electrons. The summed E-state index contributed by atoms with van der Waals surface area (Å²) in [5.74, 6) is 0. The Morgan fingerprint density at radius 3 is 3.00 bits per heavy atom. The fraction of sp³-hybridized carbons (Fsp3) is 0.500. The Kier molecular flexibility index (Phi) is 3.80. The first-order valence-corrected chi connectivity index (χ1v) is 4.98. The van der Waals surface area contributed by atoms with Gasteiger partial charge in [-0.1, -0.05) is 0 Å². The zero-order valence-electron chi connectivity index (χ0n) is 6.05. The monoisotopic (exact) mass is 330 g/mol. The molecule has 0 N–H and O–H groups in total. The lowest BCUT2D eigenvalue weighted by Crippen LogP contribution is -2.07. The fourth-order valence-corrected chi connectivity index (χ4v) is 1.48. The van der Waals surface area contributed by atoms with E-state index in [0.29, 0.717) is 6.61 Å². The smallest absolute Gasteiger partial charge is 0.113 e. The van der Waals surface area contributed by atoms with Gasteiger partial charge in [0.25, 0.3) is 0 Å². The van der Waals surface area contributed by atoms with E-state index < -0.39 is 0 Å². The average molecular weight is 331 g/mol. The lowest BCUT2D eigenvalue weighted by Gasteiger charge is -2.00. The van der Waals surface area contributed by atoms with E-state index in [1.165, 1.54) is 0 Å². The molecule has 0 bridgehead atoms. The Bertz CT molecular complexity index is 238. The fourth-order valence-electron chi connectivity index (χ4n) is 0.681. The maximum absolute atomic E-state index is 4.93. The standard InChI is InChI=1S/C6H8BrIN2O/c1-11-3-2-10-6(8)5(7)4-9-10/h4H,2-3H2,1H3. The molecule has 0 saturated carbocycles. The van der Waals surface area contributed by atoms with E-state index in [-0.39, 0.29) is 0 Å². The molecule has 0 spiro atoms. The van der Waals surface area contributed by atoms with Crippen molar-refractivity contribution in [3.63, 3.8) is 0 Å². The van der Waals surface area contributed by atoms with Crippen LogP contribution < -0.4 is 0 Å². The number of aromatic nitrogens is 2. The molecule has 11 heavy (non-hydrogen) atoms. The average Bonchev–Trinajstić information content (AvgIpc) is 2.31. The molecular formula is C6H8BrIN2O. The Labute approximate surface area is 87.4 Å². The molecule has 62 valence electrons. The van der Waals surface area contributed by atoms with Crippen molar-refractivity contribution in [2.75, 3.05) is 13.7 Å². The van der Waals surface area contributed by atoms with Crippen LogP contribution in [0.4, 0.5) is 0 Å². The van der Waals surface area contributed by atoms with Crippen molar-refractivity contribution in [2.24, 2.45) is 0 Å². The zero-order valence-corrected chi connectivity index (χ0v) is 9.79. The largest absolute Gasteiger partial charge is 0.383 e. The van der Waals surface area contributed by atoms with Crippen molar-refractivity contribution in [3.05, 3.63) is 14.4 Å². The molecule has 1 aromatic rings. The molecule has 1 heterocycles. The van der Waals surface area contributed by atoms with Crippen LogP contribution in [0.2, 0.25) is 0 Å². The van der Waals surface area contributed by atoms with Gasteiger partial charge in [0.2, 0.25) is 0 Å². The van der Waals surface area contributed by atoms with Gasteiger partial charge >= 0.3 is 0 Å². The van der Waals surface area contributed by atoms with E-state index in [4.69, 9.17) is 4.74 Å². The van der Waals surface area contributed by atoms with Crippen LogP contribution >= 0.6 is 38.5 Å².